The molecule has 0 radical (unpaired) electrons. The minimum Gasteiger partial charge on any atom is -0.441 e. The molecule has 1 aromatic heterocycles. The monoisotopic (exact) mass is 175 g/mol. The molecule has 0 bridgehead atoms. The fourth-order valence-electron chi connectivity index (χ4n) is 1.59. The Morgan fingerprint density at radius 2 is 2.23 bits per heavy atom. The predicted molar refractivity (Wildman–Crippen MR) is 52.7 cm³/mol. The zero-order valence-corrected chi connectivity index (χ0v) is 8.00. The van der Waals surface area contributed by atoms with Crippen LogP contribution in [-0.4, -0.2) is 4.98 Å². The van der Waals surface area contributed by atoms with Crippen molar-refractivity contribution in [1.82, 2.24) is 4.98 Å². The number of hydrogen-bond donors (Lipinski definition) is 0. The maximum absolute atomic E-state index is 5.44. The molecule has 0 amide bonds. The summed E-state index contributed by atoms with van der Waals surface area (Å²) >= 11 is 0. The number of aromatic nitrogens is 1. The van der Waals surface area contributed by atoms with Gasteiger partial charge in [0.05, 0.1) is 0 Å². The van der Waals surface area contributed by atoms with Crippen LogP contribution in [0.25, 0.3) is 11.1 Å². The van der Waals surface area contributed by atoms with Crippen molar-refractivity contribution < 1.29 is 4.42 Å². The lowest BCUT2D eigenvalue weighted by Gasteiger charge is -1.96. The van der Waals surface area contributed by atoms with Crippen molar-refractivity contribution in [3.8, 4) is 0 Å². The van der Waals surface area contributed by atoms with E-state index in [0.29, 0.717) is 0 Å². The summed E-state index contributed by atoms with van der Waals surface area (Å²) in [5.74, 6) is 0.749. The van der Waals surface area contributed by atoms with Crippen molar-refractivity contribution in [3.05, 3.63) is 29.7 Å². The number of hydrogen-bond acceptors (Lipinski definition) is 2. The lowest BCUT2D eigenvalue weighted by Crippen LogP contribution is -1.84. The van der Waals surface area contributed by atoms with Gasteiger partial charge in [-0.3, -0.25) is 0 Å². The van der Waals surface area contributed by atoms with E-state index < -0.39 is 0 Å². The SMILES string of the molecule is CCCc1cccc2oc(C)nc12. The van der Waals surface area contributed by atoms with Crippen LogP contribution in [0.1, 0.15) is 24.8 Å². The highest BCUT2D eigenvalue weighted by Crippen LogP contribution is 2.20. The van der Waals surface area contributed by atoms with Crippen LogP contribution in [0.15, 0.2) is 22.6 Å². The number of fused-ring (bicyclic) bond motifs is 1. The standard InChI is InChI=1S/C11H13NO/c1-3-5-9-6-4-7-10-11(9)12-8(2)13-10/h4,6-7H,3,5H2,1-2H3. The third-order valence-corrected chi connectivity index (χ3v) is 2.13. The molecule has 2 rings (SSSR count). The van der Waals surface area contributed by atoms with Crippen molar-refractivity contribution in [1.29, 1.82) is 0 Å². The summed E-state index contributed by atoms with van der Waals surface area (Å²) in [4.78, 5) is 4.37. The summed E-state index contributed by atoms with van der Waals surface area (Å²) in [5, 5.41) is 0. The van der Waals surface area contributed by atoms with E-state index in [-0.39, 0.29) is 0 Å². The normalized spacial score (nSPS) is 10.9. The van der Waals surface area contributed by atoms with Crippen LogP contribution in [0.3, 0.4) is 0 Å². The third-order valence-electron chi connectivity index (χ3n) is 2.13. The van der Waals surface area contributed by atoms with E-state index in [1.54, 1.807) is 0 Å². The zero-order chi connectivity index (χ0) is 9.26. The van der Waals surface area contributed by atoms with Crippen LogP contribution in [0.2, 0.25) is 0 Å². The number of oxazole rings is 1. The molecule has 68 valence electrons. The van der Waals surface area contributed by atoms with Gasteiger partial charge in [-0.25, -0.2) is 4.98 Å². The summed E-state index contributed by atoms with van der Waals surface area (Å²) in [5.41, 5.74) is 3.22. The molecule has 0 saturated heterocycles. The van der Waals surface area contributed by atoms with Gasteiger partial charge in [0, 0.05) is 6.92 Å². The molecule has 1 heterocycles. The number of rotatable bonds is 2. The second-order valence-electron chi connectivity index (χ2n) is 3.25. The van der Waals surface area contributed by atoms with Gasteiger partial charge in [-0.05, 0) is 18.1 Å². The third kappa shape index (κ3) is 1.44. The second-order valence-corrected chi connectivity index (χ2v) is 3.25. The average molecular weight is 175 g/mol. The topological polar surface area (TPSA) is 26.0 Å². The molecule has 0 N–H and O–H groups in total. The van der Waals surface area contributed by atoms with Gasteiger partial charge in [-0.2, -0.15) is 0 Å². The first kappa shape index (κ1) is 8.30. The Hall–Kier alpha value is -1.31. The summed E-state index contributed by atoms with van der Waals surface area (Å²) < 4.78 is 5.44. The minimum atomic E-state index is 0.749. The lowest BCUT2D eigenvalue weighted by atomic mass is 10.1. The van der Waals surface area contributed by atoms with Gasteiger partial charge in [-0.15, -0.1) is 0 Å². The largest absolute Gasteiger partial charge is 0.441 e. The van der Waals surface area contributed by atoms with E-state index in [1.165, 1.54) is 5.56 Å². The summed E-state index contributed by atoms with van der Waals surface area (Å²) in [7, 11) is 0. The quantitative estimate of drug-likeness (QED) is 0.701. The zero-order valence-electron chi connectivity index (χ0n) is 8.00. The highest BCUT2D eigenvalue weighted by molar-refractivity contribution is 5.76. The lowest BCUT2D eigenvalue weighted by molar-refractivity contribution is 0.561. The van der Waals surface area contributed by atoms with Crippen molar-refractivity contribution in [2.45, 2.75) is 26.7 Å². The van der Waals surface area contributed by atoms with Crippen molar-refractivity contribution in [2.75, 3.05) is 0 Å². The first-order chi connectivity index (χ1) is 6.31. The Kier molecular flexibility index (Phi) is 2.05. The van der Waals surface area contributed by atoms with Crippen molar-refractivity contribution >= 4 is 11.1 Å². The van der Waals surface area contributed by atoms with Gasteiger partial charge < -0.3 is 4.42 Å². The Morgan fingerprint density at radius 1 is 1.38 bits per heavy atom. The Morgan fingerprint density at radius 3 is 3.00 bits per heavy atom. The molecule has 0 atom stereocenters. The van der Waals surface area contributed by atoms with E-state index in [2.05, 4.69) is 18.0 Å². The fraction of sp³-hybridized carbons (Fsp3) is 0.364. The predicted octanol–water partition coefficient (Wildman–Crippen LogP) is 3.09. The molecule has 2 nitrogen and oxygen atoms in total. The van der Waals surface area contributed by atoms with Crippen LogP contribution in [-0.2, 0) is 6.42 Å². The molecular formula is C11H13NO. The number of aryl methyl sites for hydroxylation is 2. The molecule has 0 aliphatic rings. The molecule has 2 aromatic rings. The minimum absolute atomic E-state index is 0.749. The first-order valence-corrected chi connectivity index (χ1v) is 4.66. The first-order valence-electron chi connectivity index (χ1n) is 4.66. The van der Waals surface area contributed by atoms with Crippen molar-refractivity contribution in [2.24, 2.45) is 0 Å². The van der Waals surface area contributed by atoms with Gasteiger partial charge in [0.25, 0.3) is 0 Å². The molecule has 0 fully saturated rings. The molecule has 0 unspecified atom stereocenters. The summed E-state index contributed by atoms with van der Waals surface area (Å²) in [6.45, 7) is 4.06. The maximum Gasteiger partial charge on any atom is 0.192 e. The van der Waals surface area contributed by atoms with E-state index in [9.17, 15) is 0 Å². The highest BCUT2D eigenvalue weighted by atomic mass is 16.3. The Balaban J connectivity index is 2.60. The molecule has 0 spiro atoms. The van der Waals surface area contributed by atoms with Crippen LogP contribution < -0.4 is 0 Å². The second kappa shape index (κ2) is 3.21. The molecular weight excluding hydrogens is 162 g/mol. The van der Waals surface area contributed by atoms with Gasteiger partial charge in [0.1, 0.15) is 5.52 Å². The fourth-order valence-corrected chi connectivity index (χ4v) is 1.59. The molecule has 0 aliphatic heterocycles. The van der Waals surface area contributed by atoms with Gasteiger partial charge in [0.15, 0.2) is 11.5 Å². The van der Waals surface area contributed by atoms with E-state index >= 15 is 0 Å². The summed E-state index contributed by atoms with van der Waals surface area (Å²) in [6.07, 6.45) is 2.22. The number of benzene rings is 1. The molecule has 13 heavy (non-hydrogen) atoms. The smallest absolute Gasteiger partial charge is 0.192 e. The van der Waals surface area contributed by atoms with E-state index in [0.717, 1.165) is 29.8 Å². The van der Waals surface area contributed by atoms with Crippen LogP contribution in [0.5, 0.6) is 0 Å². The molecule has 0 aliphatic carbocycles. The van der Waals surface area contributed by atoms with Crippen LogP contribution in [0.4, 0.5) is 0 Å². The highest BCUT2D eigenvalue weighted by Gasteiger charge is 2.05. The van der Waals surface area contributed by atoms with Gasteiger partial charge >= 0.3 is 0 Å². The molecule has 0 saturated carbocycles. The molecule has 2 heteroatoms. The number of nitrogens with zero attached hydrogens (tertiary/aromatic N) is 1. The Labute approximate surface area is 77.6 Å². The van der Waals surface area contributed by atoms with E-state index in [4.69, 9.17) is 4.42 Å². The average Bonchev–Trinajstić information content (AvgIpc) is 2.47. The van der Waals surface area contributed by atoms with Crippen LogP contribution >= 0.6 is 0 Å². The summed E-state index contributed by atoms with van der Waals surface area (Å²) in [6, 6.07) is 6.11. The van der Waals surface area contributed by atoms with Gasteiger partial charge in [-0.1, -0.05) is 25.5 Å². The maximum atomic E-state index is 5.44. The van der Waals surface area contributed by atoms with E-state index in [1.807, 2.05) is 19.1 Å². The van der Waals surface area contributed by atoms with Crippen LogP contribution in [0, 0.1) is 6.92 Å². The Bertz CT molecular complexity index is 417. The number of para-hydroxylation sites is 1. The van der Waals surface area contributed by atoms with Crippen molar-refractivity contribution in [3.63, 3.8) is 0 Å². The van der Waals surface area contributed by atoms with Gasteiger partial charge in [0.2, 0.25) is 0 Å². The molecule has 1 aromatic carbocycles.